The number of carbonyl (C=O) groups is 1. The molecule has 1 aromatic carbocycles. The number of hydrogen-bond acceptors (Lipinski definition) is 3. The zero-order valence-electron chi connectivity index (χ0n) is 9.37. The second kappa shape index (κ2) is 5.49. The van der Waals surface area contributed by atoms with E-state index in [4.69, 9.17) is 4.74 Å². The van der Waals surface area contributed by atoms with E-state index in [1.165, 1.54) is 36.6 Å². The lowest BCUT2D eigenvalue weighted by Gasteiger charge is -2.07. The molecule has 1 aromatic heterocycles. The number of hydrogen-bond donors (Lipinski definition) is 1. The molecule has 0 aliphatic carbocycles. The standard InChI is InChI=1S/C12H9BrFNO2S/c1-17-10-4-5-18-11(10)12(16)15-9-6-7(14)2-3-8(9)13/h2-6H,1H3,(H,15,16). The summed E-state index contributed by atoms with van der Waals surface area (Å²) in [5.74, 6) is -0.232. The quantitative estimate of drug-likeness (QED) is 0.927. The minimum absolute atomic E-state index is 0.326. The largest absolute Gasteiger partial charge is 0.495 e. The maximum absolute atomic E-state index is 13.1. The third-order valence-corrected chi connectivity index (χ3v) is 3.82. The van der Waals surface area contributed by atoms with Gasteiger partial charge in [0.15, 0.2) is 0 Å². The van der Waals surface area contributed by atoms with Crippen LogP contribution in [0.3, 0.4) is 0 Å². The third-order valence-electron chi connectivity index (χ3n) is 2.23. The van der Waals surface area contributed by atoms with Gasteiger partial charge in [0.05, 0.1) is 12.8 Å². The van der Waals surface area contributed by atoms with Gasteiger partial charge in [0.2, 0.25) is 0 Å². The zero-order chi connectivity index (χ0) is 13.1. The van der Waals surface area contributed by atoms with Crippen molar-refractivity contribution in [1.29, 1.82) is 0 Å². The number of nitrogens with one attached hydrogen (secondary N) is 1. The lowest BCUT2D eigenvalue weighted by molar-refractivity contribution is 0.102. The molecule has 1 heterocycles. The summed E-state index contributed by atoms with van der Waals surface area (Å²) in [6, 6.07) is 5.81. The van der Waals surface area contributed by atoms with Crippen LogP contribution in [0.4, 0.5) is 10.1 Å². The number of thiophene rings is 1. The van der Waals surface area contributed by atoms with E-state index in [0.29, 0.717) is 20.8 Å². The Labute approximate surface area is 116 Å². The van der Waals surface area contributed by atoms with Gasteiger partial charge >= 0.3 is 0 Å². The van der Waals surface area contributed by atoms with Crippen LogP contribution in [-0.4, -0.2) is 13.0 Å². The molecule has 2 aromatic rings. The monoisotopic (exact) mass is 329 g/mol. The Morgan fingerprint density at radius 2 is 2.22 bits per heavy atom. The molecule has 1 amide bonds. The van der Waals surface area contributed by atoms with E-state index in [-0.39, 0.29) is 5.91 Å². The summed E-state index contributed by atoms with van der Waals surface area (Å²) in [6.45, 7) is 0. The van der Waals surface area contributed by atoms with Crippen LogP contribution in [0.5, 0.6) is 5.75 Å². The van der Waals surface area contributed by atoms with Crippen molar-refractivity contribution in [3.63, 3.8) is 0 Å². The highest BCUT2D eigenvalue weighted by atomic mass is 79.9. The molecule has 0 spiro atoms. The van der Waals surface area contributed by atoms with Gasteiger partial charge in [-0.15, -0.1) is 11.3 Å². The van der Waals surface area contributed by atoms with E-state index in [2.05, 4.69) is 21.2 Å². The molecule has 0 fully saturated rings. The lowest BCUT2D eigenvalue weighted by atomic mass is 10.3. The van der Waals surface area contributed by atoms with E-state index >= 15 is 0 Å². The predicted molar refractivity (Wildman–Crippen MR) is 72.9 cm³/mol. The molecule has 0 aliphatic heterocycles. The zero-order valence-corrected chi connectivity index (χ0v) is 11.8. The summed E-state index contributed by atoms with van der Waals surface area (Å²) in [5.41, 5.74) is 0.385. The average molecular weight is 330 g/mol. The number of amides is 1. The van der Waals surface area contributed by atoms with Crippen LogP contribution < -0.4 is 10.1 Å². The number of benzene rings is 1. The first-order valence-electron chi connectivity index (χ1n) is 4.99. The smallest absolute Gasteiger partial charge is 0.269 e. The first-order chi connectivity index (χ1) is 8.61. The molecule has 0 aliphatic rings. The van der Waals surface area contributed by atoms with Crippen LogP contribution in [-0.2, 0) is 0 Å². The van der Waals surface area contributed by atoms with E-state index in [1.54, 1.807) is 11.4 Å². The molecule has 0 saturated heterocycles. The van der Waals surface area contributed by atoms with Gasteiger partial charge in [-0.3, -0.25) is 4.79 Å². The second-order valence-corrected chi connectivity index (χ2v) is 5.17. The van der Waals surface area contributed by atoms with Gasteiger partial charge in [-0.1, -0.05) is 0 Å². The molecule has 0 radical (unpaired) electrons. The third kappa shape index (κ3) is 2.70. The average Bonchev–Trinajstić information content (AvgIpc) is 2.82. The van der Waals surface area contributed by atoms with Crippen molar-refractivity contribution in [3.8, 4) is 5.75 Å². The minimum atomic E-state index is -0.411. The van der Waals surface area contributed by atoms with Crippen LogP contribution >= 0.6 is 27.3 Å². The number of methoxy groups -OCH3 is 1. The predicted octanol–water partition coefficient (Wildman–Crippen LogP) is 3.91. The number of anilines is 1. The van der Waals surface area contributed by atoms with Gasteiger partial charge in [-0.05, 0) is 45.6 Å². The van der Waals surface area contributed by atoms with E-state index < -0.39 is 5.82 Å². The fourth-order valence-electron chi connectivity index (χ4n) is 1.40. The number of carbonyl (C=O) groups excluding carboxylic acids is 1. The van der Waals surface area contributed by atoms with Crippen molar-refractivity contribution < 1.29 is 13.9 Å². The van der Waals surface area contributed by atoms with Gasteiger partial charge in [-0.25, -0.2) is 4.39 Å². The van der Waals surface area contributed by atoms with Crippen LogP contribution in [0.2, 0.25) is 0 Å². The normalized spacial score (nSPS) is 10.2. The Kier molecular flexibility index (Phi) is 3.98. The highest BCUT2D eigenvalue weighted by Gasteiger charge is 2.15. The molecule has 0 saturated carbocycles. The first-order valence-corrected chi connectivity index (χ1v) is 6.67. The molecule has 3 nitrogen and oxygen atoms in total. The Balaban J connectivity index is 2.24. The molecule has 94 valence electrons. The molecule has 0 unspecified atom stereocenters. The van der Waals surface area contributed by atoms with Crippen LogP contribution in [0.15, 0.2) is 34.1 Å². The Bertz CT molecular complexity index is 585. The van der Waals surface area contributed by atoms with Gasteiger partial charge in [0.1, 0.15) is 16.4 Å². The SMILES string of the molecule is COc1ccsc1C(=O)Nc1cc(F)ccc1Br. The molecule has 0 bridgehead atoms. The second-order valence-electron chi connectivity index (χ2n) is 3.40. The summed E-state index contributed by atoms with van der Waals surface area (Å²) in [7, 11) is 1.50. The van der Waals surface area contributed by atoms with Gasteiger partial charge in [-0.2, -0.15) is 0 Å². The fraction of sp³-hybridized carbons (Fsp3) is 0.0833. The summed E-state index contributed by atoms with van der Waals surface area (Å²) in [6.07, 6.45) is 0. The lowest BCUT2D eigenvalue weighted by Crippen LogP contribution is -2.11. The molecular weight excluding hydrogens is 321 g/mol. The van der Waals surface area contributed by atoms with E-state index in [9.17, 15) is 9.18 Å². The van der Waals surface area contributed by atoms with Gasteiger partial charge < -0.3 is 10.1 Å². The molecule has 0 atom stereocenters. The fourth-order valence-corrected chi connectivity index (χ4v) is 2.50. The maximum Gasteiger partial charge on any atom is 0.269 e. The van der Waals surface area contributed by atoms with Crippen LogP contribution in [0, 0.1) is 5.82 Å². The topological polar surface area (TPSA) is 38.3 Å². The summed E-state index contributed by atoms with van der Waals surface area (Å²) in [4.78, 5) is 12.4. The van der Waals surface area contributed by atoms with Crippen LogP contribution in [0.25, 0.3) is 0 Å². The van der Waals surface area contributed by atoms with Gasteiger partial charge in [0.25, 0.3) is 5.91 Å². The molecule has 6 heteroatoms. The Morgan fingerprint density at radius 1 is 1.44 bits per heavy atom. The maximum atomic E-state index is 13.1. The minimum Gasteiger partial charge on any atom is -0.495 e. The summed E-state index contributed by atoms with van der Waals surface area (Å²) >= 11 is 4.51. The van der Waals surface area contributed by atoms with Crippen molar-refractivity contribution in [3.05, 3.63) is 44.8 Å². The summed E-state index contributed by atoms with van der Waals surface area (Å²) in [5, 5.41) is 4.39. The molecule has 2 rings (SSSR count). The summed E-state index contributed by atoms with van der Waals surface area (Å²) < 4.78 is 18.8. The number of halogens is 2. The van der Waals surface area contributed by atoms with Crippen molar-refractivity contribution >= 4 is 38.9 Å². The van der Waals surface area contributed by atoms with E-state index in [0.717, 1.165) is 0 Å². The number of ether oxygens (including phenoxy) is 1. The number of rotatable bonds is 3. The Morgan fingerprint density at radius 3 is 2.94 bits per heavy atom. The molecular formula is C12H9BrFNO2S. The van der Waals surface area contributed by atoms with Crippen molar-refractivity contribution in [2.24, 2.45) is 0 Å². The van der Waals surface area contributed by atoms with Gasteiger partial charge in [0, 0.05) is 4.47 Å². The Hall–Kier alpha value is -1.40. The van der Waals surface area contributed by atoms with Crippen molar-refractivity contribution in [1.82, 2.24) is 0 Å². The van der Waals surface area contributed by atoms with Crippen LogP contribution in [0.1, 0.15) is 9.67 Å². The highest BCUT2D eigenvalue weighted by Crippen LogP contribution is 2.28. The van der Waals surface area contributed by atoms with Crippen molar-refractivity contribution in [2.75, 3.05) is 12.4 Å². The van der Waals surface area contributed by atoms with E-state index in [1.807, 2.05) is 0 Å². The van der Waals surface area contributed by atoms with Crippen molar-refractivity contribution in [2.45, 2.75) is 0 Å². The molecule has 18 heavy (non-hydrogen) atoms. The first kappa shape index (κ1) is 13.0. The molecule has 1 N–H and O–H groups in total. The highest BCUT2D eigenvalue weighted by molar-refractivity contribution is 9.10.